The summed E-state index contributed by atoms with van der Waals surface area (Å²) in [6.45, 7) is 4.82. The van der Waals surface area contributed by atoms with Crippen molar-refractivity contribution in [2.24, 2.45) is 0 Å². The number of nitrogens with one attached hydrogen (secondary N) is 2. The maximum Gasteiger partial charge on any atom is 0.309 e. The van der Waals surface area contributed by atoms with E-state index in [0.717, 1.165) is 5.56 Å². The molecular formula is C18H21N3O2. The van der Waals surface area contributed by atoms with Crippen LogP contribution in [0.1, 0.15) is 36.6 Å². The van der Waals surface area contributed by atoms with Gasteiger partial charge in [0.2, 0.25) is 0 Å². The fraction of sp³-hybridized carbons (Fsp3) is 0.278. The summed E-state index contributed by atoms with van der Waals surface area (Å²) in [5, 5.41) is 5.16. The van der Waals surface area contributed by atoms with Crippen LogP contribution in [0.5, 0.6) is 0 Å². The second kappa shape index (κ2) is 8.08. The maximum absolute atomic E-state index is 11.8. The van der Waals surface area contributed by atoms with E-state index in [1.807, 2.05) is 30.3 Å². The molecule has 1 aromatic carbocycles. The van der Waals surface area contributed by atoms with Crippen LogP contribution in [0.2, 0.25) is 0 Å². The summed E-state index contributed by atoms with van der Waals surface area (Å²) in [6.07, 6.45) is 1.64. The van der Waals surface area contributed by atoms with Crippen molar-refractivity contribution >= 4 is 11.8 Å². The van der Waals surface area contributed by atoms with Crippen molar-refractivity contribution < 1.29 is 9.59 Å². The molecule has 0 aliphatic heterocycles. The minimum Gasteiger partial charge on any atom is -0.344 e. The number of rotatable bonds is 5. The molecule has 2 amide bonds. The first-order chi connectivity index (χ1) is 11.1. The lowest BCUT2D eigenvalue weighted by atomic mass is 10.0. The minimum absolute atomic E-state index is 0.232. The van der Waals surface area contributed by atoms with E-state index in [0.29, 0.717) is 18.2 Å². The van der Waals surface area contributed by atoms with Gasteiger partial charge in [-0.3, -0.25) is 14.6 Å². The molecular weight excluding hydrogens is 290 g/mol. The van der Waals surface area contributed by atoms with E-state index < -0.39 is 11.8 Å². The lowest BCUT2D eigenvalue weighted by Gasteiger charge is -2.08. The van der Waals surface area contributed by atoms with Crippen LogP contribution in [0, 0.1) is 0 Å². The predicted molar refractivity (Wildman–Crippen MR) is 88.5 cm³/mol. The van der Waals surface area contributed by atoms with E-state index in [1.54, 1.807) is 18.3 Å². The number of aromatic nitrogens is 1. The number of hydrogen-bond donors (Lipinski definition) is 2. The van der Waals surface area contributed by atoms with Crippen molar-refractivity contribution in [2.75, 3.05) is 0 Å². The van der Waals surface area contributed by atoms with Crippen molar-refractivity contribution in [3.8, 4) is 0 Å². The monoisotopic (exact) mass is 311 g/mol. The predicted octanol–water partition coefficient (Wildman–Crippen LogP) is 2.14. The highest BCUT2D eigenvalue weighted by atomic mass is 16.2. The van der Waals surface area contributed by atoms with Gasteiger partial charge in [-0.2, -0.15) is 0 Å². The number of amides is 2. The molecule has 23 heavy (non-hydrogen) atoms. The number of hydrogen-bond acceptors (Lipinski definition) is 3. The van der Waals surface area contributed by atoms with E-state index in [-0.39, 0.29) is 6.54 Å². The van der Waals surface area contributed by atoms with Crippen molar-refractivity contribution in [2.45, 2.75) is 32.9 Å². The zero-order chi connectivity index (χ0) is 16.7. The summed E-state index contributed by atoms with van der Waals surface area (Å²) in [5.74, 6) is -0.834. The van der Waals surface area contributed by atoms with Gasteiger partial charge in [-0.15, -0.1) is 0 Å². The summed E-state index contributed by atoms with van der Waals surface area (Å²) in [7, 11) is 0. The molecule has 2 rings (SSSR count). The van der Waals surface area contributed by atoms with Crippen LogP contribution in [0.25, 0.3) is 0 Å². The molecule has 0 spiro atoms. The summed E-state index contributed by atoms with van der Waals surface area (Å²) in [6, 6.07) is 13.4. The van der Waals surface area contributed by atoms with Gasteiger partial charge in [0.15, 0.2) is 0 Å². The third kappa shape index (κ3) is 5.21. The molecule has 0 aliphatic carbocycles. The van der Waals surface area contributed by atoms with Crippen LogP contribution >= 0.6 is 0 Å². The molecule has 120 valence electrons. The van der Waals surface area contributed by atoms with Crippen LogP contribution in [-0.2, 0) is 22.7 Å². The fourth-order valence-electron chi connectivity index (χ4n) is 2.04. The molecule has 2 aromatic rings. The van der Waals surface area contributed by atoms with Crippen molar-refractivity contribution in [1.82, 2.24) is 15.6 Å². The highest BCUT2D eigenvalue weighted by Gasteiger charge is 2.12. The summed E-state index contributed by atoms with van der Waals surface area (Å²) in [4.78, 5) is 27.6. The quantitative estimate of drug-likeness (QED) is 0.831. The van der Waals surface area contributed by atoms with Gasteiger partial charge in [0.1, 0.15) is 0 Å². The van der Waals surface area contributed by atoms with Gasteiger partial charge >= 0.3 is 11.8 Å². The summed E-state index contributed by atoms with van der Waals surface area (Å²) < 4.78 is 0. The number of nitrogens with zero attached hydrogens (tertiary/aromatic N) is 1. The number of carbonyl (C=O) groups excluding carboxylic acids is 2. The Hall–Kier alpha value is -2.69. The fourth-order valence-corrected chi connectivity index (χ4v) is 2.04. The van der Waals surface area contributed by atoms with E-state index in [2.05, 4.69) is 29.5 Å². The zero-order valence-electron chi connectivity index (χ0n) is 13.4. The largest absolute Gasteiger partial charge is 0.344 e. The lowest BCUT2D eigenvalue weighted by Crippen LogP contribution is -2.39. The Morgan fingerprint density at radius 2 is 1.61 bits per heavy atom. The number of carbonyl (C=O) groups is 2. The van der Waals surface area contributed by atoms with Gasteiger partial charge in [-0.25, -0.2) is 0 Å². The first-order valence-corrected chi connectivity index (χ1v) is 7.61. The van der Waals surface area contributed by atoms with Crippen LogP contribution in [0.3, 0.4) is 0 Å². The van der Waals surface area contributed by atoms with Crippen molar-refractivity contribution in [3.05, 3.63) is 65.5 Å². The zero-order valence-corrected chi connectivity index (χ0v) is 13.4. The molecule has 5 nitrogen and oxygen atoms in total. The Labute approximate surface area is 136 Å². The lowest BCUT2D eigenvalue weighted by molar-refractivity contribution is -0.139. The molecule has 0 saturated heterocycles. The molecule has 2 N–H and O–H groups in total. The van der Waals surface area contributed by atoms with E-state index in [4.69, 9.17) is 0 Å². The van der Waals surface area contributed by atoms with Crippen LogP contribution < -0.4 is 10.6 Å². The molecule has 0 bridgehead atoms. The number of pyridine rings is 1. The van der Waals surface area contributed by atoms with E-state index >= 15 is 0 Å². The SMILES string of the molecule is CC(C)c1ccc(CNC(=O)C(=O)NCc2ccccn2)cc1. The van der Waals surface area contributed by atoms with Crippen molar-refractivity contribution in [3.63, 3.8) is 0 Å². The van der Waals surface area contributed by atoms with Crippen LogP contribution in [-0.4, -0.2) is 16.8 Å². The molecule has 0 fully saturated rings. The topological polar surface area (TPSA) is 71.1 Å². The van der Waals surface area contributed by atoms with E-state index in [9.17, 15) is 9.59 Å². The smallest absolute Gasteiger partial charge is 0.309 e. The normalized spacial score (nSPS) is 10.4. The molecule has 1 aromatic heterocycles. The third-order valence-electron chi connectivity index (χ3n) is 3.46. The summed E-state index contributed by atoms with van der Waals surface area (Å²) in [5.41, 5.74) is 2.91. The van der Waals surface area contributed by atoms with Gasteiger partial charge in [-0.05, 0) is 29.2 Å². The van der Waals surface area contributed by atoms with Gasteiger partial charge < -0.3 is 10.6 Å². The average molecular weight is 311 g/mol. The van der Waals surface area contributed by atoms with Gasteiger partial charge in [-0.1, -0.05) is 44.2 Å². The molecule has 0 atom stereocenters. The highest BCUT2D eigenvalue weighted by Crippen LogP contribution is 2.14. The third-order valence-corrected chi connectivity index (χ3v) is 3.46. The molecule has 1 heterocycles. The van der Waals surface area contributed by atoms with E-state index in [1.165, 1.54) is 5.56 Å². The average Bonchev–Trinajstić information content (AvgIpc) is 2.58. The highest BCUT2D eigenvalue weighted by molar-refractivity contribution is 6.35. The Balaban J connectivity index is 1.78. The Kier molecular flexibility index (Phi) is 5.86. The Bertz CT molecular complexity index is 652. The minimum atomic E-state index is -0.658. The second-order valence-electron chi connectivity index (χ2n) is 5.58. The molecule has 5 heteroatoms. The standard InChI is InChI=1S/C18H21N3O2/c1-13(2)15-8-6-14(7-9-15)11-20-17(22)18(23)21-12-16-5-3-4-10-19-16/h3-10,13H,11-12H2,1-2H3,(H,20,22)(H,21,23). The summed E-state index contributed by atoms with van der Waals surface area (Å²) >= 11 is 0. The van der Waals surface area contributed by atoms with Crippen LogP contribution in [0.15, 0.2) is 48.7 Å². The second-order valence-corrected chi connectivity index (χ2v) is 5.58. The maximum atomic E-state index is 11.8. The van der Waals surface area contributed by atoms with Crippen LogP contribution in [0.4, 0.5) is 0 Å². The van der Waals surface area contributed by atoms with Gasteiger partial charge in [0, 0.05) is 12.7 Å². The Morgan fingerprint density at radius 3 is 2.17 bits per heavy atom. The first-order valence-electron chi connectivity index (χ1n) is 7.61. The number of benzene rings is 1. The molecule has 0 radical (unpaired) electrons. The molecule has 0 unspecified atom stereocenters. The molecule has 0 saturated carbocycles. The van der Waals surface area contributed by atoms with Gasteiger partial charge in [0.25, 0.3) is 0 Å². The van der Waals surface area contributed by atoms with Gasteiger partial charge in [0.05, 0.1) is 12.2 Å². The van der Waals surface area contributed by atoms with Crippen molar-refractivity contribution in [1.29, 1.82) is 0 Å². The Morgan fingerprint density at radius 1 is 0.957 bits per heavy atom. The molecule has 0 aliphatic rings. The first kappa shape index (κ1) is 16.7.